The summed E-state index contributed by atoms with van der Waals surface area (Å²) in [6.45, 7) is 0. The highest BCUT2D eigenvalue weighted by Gasteiger charge is 2.20. The smallest absolute Gasteiger partial charge is 0.456 e. The van der Waals surface area contributed by atoms with Gasteiger partial charge in [-0.1, -0.05) is 192 Å². The Morgan fingerprint density at radius 3 is 0.894 bits per heavy atom. The van der Waals surface area contributed by atoms with E-state index in [1.165, 1.54) is 81.8 Å². The fourth-order valence-corrected chi connectivity index (χ4v) is 14.8. The molecule has 0 fully saturated rings. The lowest BCUT2D eigenvalue weighted by atomic mass is 9.80. The van der Waals surface area contributed by atoms with E-state index in [9.17, 15) is 10.0 Å². The Balaban J connectivity index is 0.000000113. The molecule has 8 nitrogen and oxygen atoms in total. The van der Waals surface area contributed by atoms with Gasteiger partial charge in [-0.15, -0.1) is 0 Å². The second-order valence-corrected chi connectivity index (χ2v) is 24.8. The van der Waals surface area contributed by atoms with Crippen LogP contribution < -0.4 is 5.46 Å². The van der Waals surface area contributed by atoms with Crippen molar-refractivity contribution < 1.29 is 18.9 Å². The van der Waals surface area contributed by atoms with Crippen LogP contribution >= 0.6 is 15.9 Å². The van der Waals surface area contributed by atoms with Crippen molar-refractivity contribution in [1.82, 2.24) is 18.3 Å². The Hall–Kier alpha value is -11.7. The van der Waals surface area contributed by atoms with Crippen LogP contribution in [0.4, 0.5) is 0 Å². The molecule has 444 valence electrons. The van der Waals surface area contributed by atoms with Crippen LogP contribution in [0.15, 0.2) is 329 Å². The van der Waals surface area contributed by atoms with Crippen molar-refractivity contribution in [3.63, 3.8) is 0 Å². The second-order valence-electron chi connectivity index (χ2n) is 23.9. The molecule has 0 bridgehead atoms. The number of rotatable bonds is 6. The van der Waals surface area contributed by atoms with Gasteiger partial charge in [-0.3, -0.25) is 0 Å². The highest BCUT2D eigenvalue weighted by Crippen LogP contribution is 2.41. The highest BCUT2D eigenvalue weighted by atomic mass is 79.9. The van der Waals surface area contributed by atoms with Gasteiger partial charge in [-0.25, -0.2) is 0 Å². The molecule has 0 unspecified atom stereocenters. The molecule has 0 aliphatic carbocycles. The lowest BCUT2D eigenvalue weighted by Crippen LogP contribution is -2.29. The maximum absolute atomic E-state index is 9.42. The normalized spacial score (nSPS) is 11.8. The van der Waals surface area contributed by atoms with Gasteiger partial charge in [0.15, 0.2) is 0 Å². The lowest BCUT2D eigenvalue weighted by molar-refractivity contribution is 0.425. The number of fused-ring (bicyclic) bond motifs is 18. The van der Waals surface area contributed by atoms with E-state index in [2.05, 4.69) is 289 Å². The molecule has 20 aromatic rings. The van der Waals surface area contributed by atoms with Gasteiger partial charge in [0.1, 0.15) is 22.3 Å². The Morgan fingerprint density at radius 1 is 0.234 bits per heavy atom. The zero-order valence-corrected chi connectivity index (χ0v) is 52.1. The van der Waals surface area contributed by atoms with Crippen LogP contribution in [0, 0.1) is 0 Å². The van der Waals surface area contributed by atoms with Crippen LogP contribution in [0.1, 0.15) is 0 Å². The fourth-order valence-electron chi connectivity index (χ4n) is 14.4. The summed E-state index contributed by atoms with van der Waals surface area (Å²) >= 11 is 3.58. The molecule has 0 atom stereocenters. The summed E-state index contributed by atoms with van der Waals surface area (Å²) in [5.41, 5.74) is 20.2. The minimum absolute atomic E-state index is 0.486. The third-order valence-electron chi connectivity index (χ3n) is 18.6. The molecule has 0 spiro atoms. The second kappa shape index (κ2) is 22.3. The molecule has 2 N–H and O–H groups in total. The van der Waals surface area contributed by atoms with Crippen LogP contribution in [-0.4, -0.2) is 35.4 Å². The van der Waals surface area contributed by atoms with Gasteiger partial charge < -0.3 is 37.2 Å². The molecule has 0 saturated heterocycles. The van der Waals surface area contributed by atoms with Gasteiger partial charge in [0.2, 0.25) is 0 Å². The molecule has 0 aliphatic rings. The first-order chi connectivity index (χ1) is 46.4. The van der Waals surface area contributed by atoms with E-state index >= 15 is 0 Å². The summed E-state index contributed by atoms with van der Waals surface area (Å²) in [6.07, 6.45) is 0. The van der Waals surface area contributed by atoms with E-state index in [1.54, 1.807) is 6.07 Å². The van der Waals surface area contributed by atoms with E-state index in [0.717, 1.165) is 87.7 Å². The SMILES string of the molecule is Brc1ccc2oc3ccc(-n4c5ccccc5c5ccccc54)cc3c2c1.OB(O)c1cccc(-n2c3ccccc3c3ccccc32)c1.c1cc(-c2ccc3oc4ccc(-n5c6ccccc6c6ccccc65)cc4c3c2)cc(-n2c3ccccc3c3ccccc32)c1. The number of hydrogen-bond donors (Lipinski definition) is 2. The standard InChI is InChI=1S/C42H26N2O.C24H14BrNO.C18H14BNO2/c1-5-16-37-31(12-1)32-13-2-6-17-38(32)43(37)29-11-9-10-27(24-29)28-20-22-41-35(25-28)36-26-30(21-23-42(36)45-41)44-39-18-7-3-14-33(39)34-15-4-8-19-40(34)44;25-15-9-11-23-19(13-15)20-14-16(10-12-24(20)27-23)26-21-7-3-1-5-17(21)18-6-2-4-8-22(18)26;21-19(22)13-6-5-7-14(12-13)20-17-10-3-1-8-15(17)16-9-2-4-11-18(16)20/h1-26H;1-14H;1-12,21-22H. The van der Waals surface area contributed by atoms with Gasteiger partial charge >= 0.3 is 7.12 Å². The molecule has 94 heavy (non-hydrogen) atoms. The Morgan fingerprint density at radius 2 is 0.521 bits per heavy atom. The predicted molar refractivity (Wildman–Crippen MR) is 394 cm³/mol. The fraction of sp³-hybridized carbons (Fsp3) is 0. The molecule has 20 rings (SSSR count). The van der Waals surface area contributed by atoms with E-state index in [4.69, 9.17) is 8.83 Å². The van der Waals surface area contributed by atoms with E-state index in [-0.39, 0.29) is 0 Å². The minimum Gasteiger partial charge on any atom is -0.456 e. The molecule has 10 heteroatoms. The first-order valence-electron chi connectivity index (χ1n) is 31.5. The molecule has 0 saturated carbocycles. The number of aromatic nitrogens is 4. The van der Waals surface area contributed by atoms with Crippen LogP contribution in [0.25, 0.3) is 165 Å². The molecule has 0 radical (unpaired) electrons. The number of benzene rings is 14. The lowest BCUT2D eigenvalue weighted by Gasteiger charge is -2.10. The van der Waals surface area contributed by atoms with E-state index in [0.29, 0.717) is 5.46 Å². The maximum Gasteiger partial charge on any atom is 0.488 e. The van der Waals surface area contributed by atoms with Crippen molar-refractivity contribution in [3.05, 3.63) is 320 Å². The maximum atomic E-state index is 9.42. The molecule has 0 amide bonds. The molecular formula is C84H54BBrN4O4. The molecule has 0 aliphatic heterocycles. The topological polar surface area (TPSA) is 86.5 Å². The number of hydrogen-bond acceptors (Lipinski definition) is 4. The Labute approximate surface area is 547 Å². The van der Waals surface area contributed by atoms with E-state index < -0.39 is 7.12 Å². The van der Waals surface area contributed by atoms with Gasteiger partial charge in [0.05, 0.1) is 44.1 Å². The average molecular weight is 1270 g/mol. The summed E-state index contributed by atoms with van der Waals surface area (Å²) in [5, 5.41) is 33.3. The zero-order chi connectivity index (χ0) is 62.5. The first-order valence-corrected chi connectivity index (χ1v) is 32.3. The number of nitrogens with zero attached hydrogens (tertiary/aromatic N) is 4. The summed E-state index contributed by atoms with van der Waals surface area (Å²) in [5.74, 6) is 0. The van der Waals surface area contributed by atoms with Crippen LogP contribution in [0.5, 0.6) is 0 Å². The van der Waals surface area contributed by atoms with Crippen LogP contribution in [0.3, 0.4) is 0 Å². The quantitative estimate of drug-likeness (QED) is 0.162. The van der Waals surface area contributed by atoms with Crippen molar-refractivity contribution in [1.29, 1.82) is 0 Å². The van der Waals surface area contributed by atoms with Crippen molar-refractivity contribution in [2.45, 2.75) is 0 Å². The van der Waals surface area contributed by atoms with Crippen molar-refractivity contribution >= 4 is 160 Å². The van der Waals surface area contributed by atoms with Crippen molar-refractivity contribution in [2.75, 3.05) is 0 Å². The summed E-state index contributed by atoms with van der Waals surface area (Å²) in [4.78, 5) is 0. The summed E-state index contributed by atoms with van der Waals surface area (Å²) in [6, 6.07) is 110. The number of para-hydroxylation sites is 8. The minimum atomic E-state index is -1.46. The van der Waals surface area contributed by atoms with Crippen LogP contribution in [-0.2, 0) is 0 Å². The summed E-state index contributed by atoms with van der Waals surface area (Å²) < 4.78 is 22.7. The van der Waals surface area contributed by atoms with Gasteiger partial charge in [-0.2, -0.15) is 0 Å². The third-order valence-corrected chi connectivity index (χ3v) is 19.1. The number of halogens is 1. The molecule has 14 aromatic carbocycles. The largest absolute Gasteiger partial charge is 0.488 e. The predicted octanol–water partition coefficient (Wildman–Crippen LogP) is 21.4. The molecular weight excluding hydrogens is 1220 g/mol. The van der Waals surface area contributed by atoms with Crippen molar-refractivity contribution in [2.24, 2.45) is 0 Å². The van der Waals surface area contributed by atoms with Gasteiger partial charge in [0.25, 0.3) is 0 Å². The van der Waals surface area contributed by atoms with Gasteiger partial charge in [-0.05, 0) is 156 Å². The monoisotopic (exact) mass is 1270 g/mol. The van der Waals surface area contributed by atoms with E-state index in [1.807, 2.05) is 54.6 Å². The van der Waals surface area contributed by atoms with Gasteiger partial charge in [0, 0.05) is 91.9 Å². The Kier molecular flexibility index (Phi) is 13.1. The molecule has 6 heterocycles. The highest BCUT2D eigenvalue weighted by molar-refractivity contribution is 9.10. The Bertz CT molecular complexity index is 6190. The summed E-state index contributed by atoms with van der Waals surface area (Å²) in [7, 11) is -1.46. The third kappa shape index (κ3) is 9.06. The average Bonchev–Trinajstić information content (AvgIpc) is 1.61. The molecule has 6 aromatic heterocycles. The zero-order valence-electron chi connectivity index (χ0n) is 50.5. The van der Waals surface area contributed by atoms with Crippen LogP contribution in [0.2, 0.25) is 0 Å². The first kappa shape index (κ1) is 55.2. The van der Waals surface area contributed by atoms with Crippen molar-refractivity contribution in [3.8, 4) is 33.9 Å². The number of furan rings is 2.